The van der Waals surface area contributed by atoms with Crippen molar-refractivity contribution in [1.29, 1.82) is 0 Å². The lowest BCUT2D eigenvalue weighted by atomic mass is 9.94. The molecule has 18 heavy (non-hydrogen) atoms. The Bertz CT molecular complexity index is 534. The van der Waals surface area contributed by atoms with E-state index >= 15 is 0 Å². The number of rotatable bonds is 3. The average molecular weight is 245 g/mol. The Morgan fingerprint density at radius 3 is 2.89 bits per heavy atom. The minimum absolute atomic E-state index is 0.0894. The van der Waals surface area contributed by atoms with Gasteiger partial charge in [0.15, 0.2) is 11.5 Å². The van der Waals surface area contributed by atoms with Gasteiger partial charge in [0.2, 0.25) is 0 Å². The predicted octanol–water partition coefficient (Wildman–Crippen LogP) is 2.36. The molecule has 1 N–H and O–H groups in total. The molecule has 0 saturated heterocycles. The number of amides is 1. The van der Waals surface area contributed by atoms with Gasteiger partial charge in [0, 0.05) is 11.1 Å². The number of ketones is 1. The minimum Gasteiger partial charge on any atom is -0.379 e. The highest BCUT2D eigenvalue weighted by molar-refractivity contribution is 6.08. The minimum atomic E-state index is -0.271. The molecular formula is C14H15NO3. The Hall–Kier alpha value is -2.10. The van der Waals surface area contributed by atoms with E-state index in [9.17, 15) is 9.59 Å². The molecule has 1 unspecified atom stereocenters. The number of benzene rings is 1. The van der Waals surface area contributed by atoms with E-state index in [0.29, 0.717) is 23.3 Å². The number of Topliss-reactive ketones (excluding diaryl/α,β-unsaturated/α-hetero) is 1. The molecule has 0 bridgehead atoms. The molecule has 2 rings (SSSR count). The summed E-state index contributed by atoms with van der Waals surface area (Å²) in [6, 6.07) is 5.11. The zero-order valence-corrected chi connectivity index (χ0v) is 10.4. The molecule has 0 radical (unpaired) electrons. The number of hydroxylamine groups is 1. The van der Waals surface area contributed by atoms with Gasteiger partial charge in [-0.3, -0.25) is 9.59 Å². The SMILES string of the molecule is C=C(CC)C(=O)c1ccc2c(c1)ONC(=O)C2C. The Morgan fingerprint density at radius 2 is 2.22 bits per heavy atom. The molecule has 1 amide bonds. The van der Waals surface area contributed by atoms with Gasteiger partial charge in [0.05, 0.1) is 5.92 Å². The lowest BCUT2D eigenvalue weighted by Crippen LogP contribution is -2.35. The summed E-state index contributed by atoms with van der Waals surface area (Å²) in [5, 5.41) is 0. The molecule has 94 valence electrons. The summed E-state index contributed by atoms with van der Waals surface area (Å²) in [5.41, 5.74) is 4.20. The standard InChI is InChI=1S/C14H15NO3/c1-4-8(2)13(16)10-5-6-11-9(3)14(17)15-18-12(11)7-10/h5-7,9H,2,4H2,1,3H3,(H,15,17). The van der Waals surface area contributed by atoms with Gasteiger partial charge in [0.1, 0.15) is 0 Å². The first-order valence-electron chi connectivity index (χ1n) is 5.87. The fourth-order valence-electron chi connectivity index (χ4n) is 1.82. The van der Waals surface area contributed by atoms with Gasteiger partial charge in [-0.15, -0.1) is 0 Å². The molecule has 0 aromatic heterocycles. The molecule has 1 atom stereocenters. The van der Waals surface area contributed by atoms with Crippen molar-refractivity contribution in [3.63, 3.8) is 0 Å². The third-order valence-electron chi connectivity index (χ3n) is 3.15. The predicted molar refractivity (Wildman–Crippen MR) is 67.4 cm³/mol. The maximum atomic E-state index is 12.0. The second-order valence-electron chi connectivity index (χ2n) is 4.33. The van der Waals surface area contributed by atoms with Gasteiger partial charge >= 0.3 is 0 Å². The van der Waals surface area contributed by atoms with Crippen molar-refractivity contribution >= 4 is 11.7 Å². The van der Waals surface area contributed by atoms with Crippen LogP contribution in [0.25, 0.3) is 0 Å². The van der Waals surface area contributed by atoms with Gasteiger partial charge in [0.25, 0.3) is 5.91 Å². The largest absolute Gasteiger partial charge is 0.379 e. The first-order valence-corrected chi connectivity index (χ1v) is 5.87. The first kappa shape index (κ1) is 12.4. The number of carbonyl (C=O) groups excluding carboxylic acids is 2. The van der Waals surface area contributed by atoms with E-state index in [1.54, 1.807) is 25.1 Å². The number of carbonyl (C=O) groups is 2. The van der Waals surface area contributed by atoms with Gasteiger partial charge in [-0.1, -0.05) is 25.6 Å². The topological polar surface area (TPSA) is 55.4 Å². The average Bonchev–Trinajstić information content (AvgIpc) is 2.41. The highest BCUT2D eigenvalue weighted by atomic mass is 16.7. The van der Waals surface area contributed by atoms with Crippen LogP contribution in [-0.4, -0.2) is 11.7 Å². The fourth-order valence-corrected chi connectivity index (χ4v) is 1.82. The van der Waals surface area contributed by atoms with Crippen LogP contribution in [0.2, 0.25) is 0 Å². The van der Waals surface area contributed by atoms with Crippen molar-refractivity contribution in [3.8, 4) is 5.75 Å². The van der Waals surface area contributed by atoms with Crippen LogP contribution in [0.4, 0.5) is 0 Å². The lowest BCUT2D eigenvalue weighted by Gasteiger charge is -2.22. The zero-order valence-electron chi connectivity index (χ0n) is 10.4. The summed E-state index contributed by atoms with van der Waals surface area (Å²) in [6.07, 6.45) is 0.615. The molecule has 0 saturated carbocycles. The van der Waals surface area contributed by atoms with Crippen LogP contribution in [0.3, 0.4) is 0 Å². The van der Waals surface area contributed by atoms with E-state index in [1.165, 1.54) is 0 Å². The molecule has 4 nitrogen and oxygen atoms in total. The van der Waals surface area contributed by atoms with Crippen molar-refractivity contribution in [2.75, 3.05) is 0 Å². The van der Waals surface area contributed by atoms with Gasteiger partial charge < -0.3 is 4.84 Å². The summed E-state index contributed by atoms with van der Waals surface area (Å²) in [6.45, 7) is 7.41. The van der Waals surface area contributed by atoms with E-state index in [-0.39, 0.29) is 17.6 Å². The normalized spacial score (nSPS) is 17.4. The third kappa shape index (κ3) is 2.01. The highest BCUT2D eigenvalue weighted by Crippen LogP contribution is 2.31. The van der Waals surface area contributed by atoms with Crippen LogP contribution < -0.4 is 10.3 Å². The summed E-state index contributed by atoms with van der Waals surface area (Å²) >= 11 is 0. The fraction of sp³-hybridized carbons (Fsp3) is 0.286. The van der Waals surface area contributed by atoms with E-state index in [2.05, 4.69) is 12.1 Å². The van der Waals surface area contributed by atoms with Crippen molar-refractivity contribution in [2.45, 2.75) is 26.2 Å². The molecule has 1 aliphatic heterocycles. The number of hydrogen-bond acceptors (Lipinski definition) is 3. The van der Waals surface area contributed by atoms with E-state index in [4.69, 9.17) is 4.84 Å². The number of hydrogen-bond donors (Lipinski definition) is 1. The van der Waals surface area contributed by atoms with Crippen LogP contribution in [0.1, 0.15) is 42.1 Å². The molecule has 0 fully saturated rings. The maximum absolute atomic E-state index is 12.0. The molecule has 1 aromatic rings. The van der Waals surface area contributed by atoms with E-state index < -0.39 is 0 Å². The first-order chi connectivity index (χ1) is 8.54. The monoisotopic (exact) mass is 245 g/mol. The number of nitrogens with one attached hydrogen (secondary N) is 1. The molecule has 0 aliphatic carbocycles. The van der Waals surface area contributed by atoms with E-state index in [1.807, 2.05) is 6.92 Å². The molecule has 1 aromatic carbocycles. The van der Waals surface area contributed by atoms with Crippen molar-refractivity contribution in [2.24, 2.45) is 0 Å². The second-order valence-corrected chi connectivity index (χ2v) is 4.33. The van der Waals surface area contributed by atoms with Crippen molar-refractivity contribution in [1.82, 2.24) is 5.48 Å². The Labute approximate surface area is 106 Å². The quantitative estimate of drug-likeness (QED) is 0.657. The van der Waals surface area contributed by atoms with Crippen molar-refractivity contribution < 1.29 is 14.4 Å². The maximum Gasteiger partial charge on any atom is 0.259 e. The number of fused-ring (bicyclic) bond motifs is 1. The molecular weight excluding hydrogens is 230 g/mol. The Kier molecular flexibility index (Phi) is 3.19. The summed E-state index contributed by atoms with van der Waals surface area (Å²) in [7, 11) is 0. The van der Waals surface area contributed by atoms with Crippen molar-refractivity contribution in [3.05, 3.63) is 41.5 Å². The highest BCUT2D eigenvalue weighted by Gasteiger charge is 2.26. The molecule has 1 heterocycles. The van der Waals surface area contributed by atoms with Gasteiger partial charge in [-0.05, 0) is 25.0 Å². The van der Waals surface area contributed by atoms with Crippen LogP contribution >= 0.6 is 0 Å². The van der Waals surface area contributed by atoms with Gasteiger partial charge in [-0.2, -0.15) is 5.48 Å². The summed E-state index contributed by atoms with van der Waals surface area (Å²) in [4.78, 5) is 28.5. The smallest absolute Gasteiger partial charge is 0.259 e. The van der Waals surface area contributed by atoms with Crippen LogP contribution in [-0.2, 0) is 4.79 Å². The Morgan fingerprint density at radius 1 is 1.50 bits per heavy atom. The molecule has 1 aliphatic rings. The third-order valence-corrected chi connectivity index (χ3v) is 3.15. The van der Waals surface area contributed by atoms with Crippen LogP contribution in [0, 0.1) is 0 Å². The second kappa shape index (κ2) is 4.64. The Balaban J connectivity index is 2.37. The summed E-state index contributed by atoms with van der Waals surface area (Å²) in [5.74, 6) is -0.0165. The van der Waals surface area contributed by atoms with Gasteiger partial charge in [-0.25, -0.2) is 0 Å². The lowest BCUT2D eigenvalue weighted by molar-refractivity contribution is -0.130. The molecule has 4 heteroatoms. The number of allylic oxidation sites excluding steroid dienone is 1. The summed E-state index contributed by atoms with van der Waals surface area (Å²) < 4.78 is 0. The zero-order chi connectivity index (χ0) is 13.3. The van der Waals surface area contributed by atoms with E-state index in [0.717, 1.165) is 5.56 Å². The van der Waals surface area contributed by atoms with Crippen LogP contribution in [0.5, 0.6) is 5.75 Å². The van der Waals surface area contributed by atoms with Crippen LogP contribution in [0.15, 0.2) is 30.4 Å². The molecule has 0 spiro atoms.